The van der Waals surface area contributed by atoms with Crippen LogP contribution in [-0.4, -0.2) is 35.0 Å². The van der Waals surface area contributed by atoms with Crippen LogP contribution < -0.4 is 15.0 Å². The van der Waals surface area contributed by atoms with E-state index in [0.29, 0.717) is 18.2 Å². The monoisotopic (exact) mass is 406 g/mol. The fraction of sp³-hybridized carbons (Fsp3) is 0.348. The molecule has 156 valence electrons. The average molecular weight is 406 g/mol. The van der Waals surface area contributed by atoms with E-state index >= 15 is 0 Å². The summed E-state index contributed by atoms with van der Waals surface area (Å²) in [6, 6.07) is 15.1. The quantitative estimate of drug-likeness (QED) is 0.715. The highest BCUT2D eigenvalue weighted by Gasteiger charge is 2.36. The van der Waals surface area contributed by atoms with Crippen molar-refractivity contribution in [3.05, 3.63) is 48.5 Å². The first-order valence-corrected chi connectivity index (χ1v) is 10.0. The lowest BCUT2D eigenvalue weighted by molar-refractivity contribution is -0.122. The molecule has 0 bridgehead atoms. The topological polar surface area (TPSA) is 76.5 Å². The normalized spacial score (nSPS) is 16.9. The van der Waals surface area contributed by atoms with Gasteiger partial charge in [0.05, 0.1) is 24.1 Å². The number of benzene rings is 2. The number of nitrogens with one attached hydrogen (secondary N) is 1. The number of carbonyl (C=O) groups excluding carboxylic acids is 2. The van der Waals surface area contributed by atoms with E-state index in [2.05, 4.69) is 31.1 Å². The second kappa shape index (κ2) is 7.48. The molecule has 0 radical (unpaired) electrons. The van der Waals surface area contributed by atoms with Crippen LogP contribution in [0.3, 0.4) is 0 Å². The van der Waals surface area contributed by atoms with Crippen molar-refractivity contribution in [2.24, 2.45) is 5.92 Å². The summed E-state index contributed by atoms with van der Waals surface area (Å²) in [6.45, 7) is 6.54. The molecule has 1 aliphatic heterocycles. The molecule has 1 aliphatic rings. The molecule has 7 nitrogen and oxygen atoms in total. The van der Waals surface area contributed by atoms with E-state index in [1.54, 1.807) is 18.1 Å². The van der Waals surface area contributed by atoms with Crippen molar-refractivity contribution in [3.8, 4) is 5.75 Å². The van der Waals surface area contributed by atoms with Gasteiger partial charge in [0, 0.05) is 30.3 Å². The number of hydrogen-bond donors (Lipinski definition) is 1. The first kappa shape index (κ1) is 19.9. The van der Waals surface area contributed by atoms with Crippen molar-refractivity contribution in [2.75, 3.05) is 23.9 Å². The Kier molecular flexibility index (Phi) is 4.97. The summed E-state index contributed by atoms with van der Waals surface area (Å²) in [5, 5.41) is 2.97. The number of methoxy groups -OCH3 is 1. The second-order valence-corrected chi connectivity index (χ2v) is 8.53. The Morgan fingerprint density at radius 3 is 2.67 bits per heavy atom. The number of anilines is 2. The molecule has 2 heterocycles. The number of amides is 2. The highest BCUT2D eigenvalue weighted by molar-refractivity contribution is 6.03. The van der Waals surface area contributed by atoms with Crippen molar-refractivity contribution >= 4 is 34.5 Å². The minimum Gasteiger partial charge on any atom is -0.497 e. The maximum Gasteiger partial charge on any atom is 0.232 e. The van der Waals surface area contributed by atoms with Crippen LogP contribution in [0.15, 0.2) is 48.5 Å². The van der Waals surface area contributed by atoms with E-state index < -0.39 is 5.92 Å². The third-order valence-electron chi connectivity index (χ3n) is 5.33. The molecule has 1 fully saturated rings. The van der Waals surface area contributed by atoms with Gasteiger partial charge in [0.15, 0.2) is 0 Å². The predicted molar refractivity (Wildman–Crippen MR) is 117 cm³/mol. The molecule has 1 aromatic heterocycles. The van der Waals surface area contributed by atoms with Crippen molar-refractivity contribution in [3.63, 3.8) is 0 Å². The molecule has 30 heavy (non-hydrogen) atoms. The van der Waals surface area contributed by atoms with Gasteiger partial charge in [0.2, 0.25) is 17.8 Å². The summed E-state index contributed by atoms with van der Waals surface area (Å²) < 4.78 is 7.27. The number of aromatic nitrogens is 2. The summed E-state index contributed by atoms with van der Waals surface area (Å²) in [6.07, 6.45) is 0.165. The lowest BCUT2D eigenvalue weighted by Gasteiger charge is -2.25. The Labute approximate surface area is 175 Å². The third kappa shape index (κ3) is 3.63. The number of carbonyl (C=O) groups is 2. The van der Waals surface area contributed by atoms with Crippen molar-refractivity contribution in [2.45, 2.75) is 32.7 Å². The van der Waals surface area contributed by atoms with E-state index in [1.807, 2.05) is 47.0 Å². The summed E-state index contributed by atoms with van der Waals surface area (Å²) >= 11 is 0. The zero-order valence-electron chi connectivity index (χ0n) is 17.7. The van der Waals surface area contributed by atoms with Crippen molar-refractivity contribution in [1.82, 2.24) is 9.55 Å². The molecule has 2 amide bonds. The van der Waals surface area contributed by atoms with Gasteiger partial charge in [-0.05, 0) is 45.0 Å². The zero-order chi connectivity index (χ0) is 21.5. The standard InChI is InChI=1S/C23H26N4O3/c1-23(2,3)27-19-11-6-5-10-18(19)24-22(27)25-21(29)15-12-20(28)26(14-15)16-8-7-9-17(13-16)30-4/h5-11,13,15H,12,14H2,1-4H3,(H,24,25,29). The molecule has 0 aliphatic carbocycles. The van der Waals surface area contributed by atoms with Gasteiger partial charge >= 0.3 is 0 Å². The molecule has 1 saturated heterocycles. The van der Waals surface area contributed by atoms with Gasteiger partial charge in [-0.3, -0.25) is 14.9 Å². The number of rotatable bonds is 4. The zero-order valence-corrected chi connectivity index (χ0v) is 17.7. The molecule has 1 atom stereocenters. The Morgan fingerprint density at radius 1 is 1.17 bits per heavy atom. The van der Waals surface area contributed by atoms with Gasteiger partial charge in [-0.25, -0.2) is 4.98 Å². The van der Waals surface area contributed by atoms with Gasteiger partial charge < -0.3 is 14.2 Å². The Balaban J connectivity index is 1.57. The van der Waals surface area contributed by atoms with Gasteiger partial charge in [-0.15, -0.1) is 0 Å². The van der Waals surface area contributed by atoms with Gasteiger partial charge in [-0.2, -0.15) is 0 Å². The number of hydrogen-bond acceptors (Lipinski definition) is 4. The second-order valence-electron chi connectivity index (χ2n) is 8.53. The summed E-state index contributed by atoms with van der Waals surface area (Å²) in [5.74, 6) is 0.451. The summed E-state index contributed by atoms with van der Waals surface area (Å²) in [7, 11) is 1.59. The summed E-state index contributed by atoms with van der Waals surface area (Å²) in [4.78, 5) is 31.9. The van der Waals surface area contributed by atoms with Crippen molar-refractivity contribution < 1.29 is 14.3 Å². The van der Waals surface area contributed by atoms with Gasteiger partial charge in [-0.1, -0.05) is 18.2 Å². The van der Waals surface area contributed by atoms with Crippen LogP contribution in [0.5, 0.6) is 5.75 Å². The highest BCUT2D eigenvalue weighted by Crippen LogP contribution is 2.31. The smallest absolute Gasteiger partial charge is 0.232 e. The van der Waals surface area contributed by atoms with E-state index in [9.17, 15) is 9.59 Å². The molecule has 1 unspecified atom stereocenters. The van der Waals surface area contributed by atoms with E-state index in [-0.39, 0.29) is 23.8 Å². The number of imidazole rings is 1. The summed E-state index contributed by atoms with van der Waals surface area (Å²) in [5.41, 5.74) is 2.25. The molecule has 4 rings (SSSR count). The minimum absolute atomic E-state index is 0.0762. The highest BCUT2D eigenvalue weighted by atomic mass is 16.5. The van der Waals surface area contributed by atoms with Crippen LogP contribution in [0.1, 0.15) is 27.2 Å². The predicted octanol–water partition coefficient (Wildman–Crippen LogP) is 3.79. The lowest BCUT2D eigenvalue weighted by Crippen LogP contribution is -2.30. The van der Waals surface area contributed by atoms with E-state index in [4.69, 9.17) is 4.74 Å². The largest absolute Gasteiger partial charge is 0.497 e. The van der Waals surface area contributed by atoms with E-state index in [0.717, 1.165) is 16.7 Å². The number of para-hydroxylation sites is 2. The van der Waals surface area contributed by atoms with Crippen LogP contribution in [0, 0.1) is 5.92 Å². The Bertz CT molecular complexity index is 1110. The molecular formula is C23H26N4O3. The molecule has 3 aromatic rings. The van der Waals surface area contributed by atoms with Gasteiger partial charge in [0.25, 0.3) is 0 Å². The van der Waals surface area contributed by atoms with Crippen LogP contribution in [-0.2, 0) is 15.1 Å². The maximum atomic E-state index is 13.0. The molecule has 7 heteroatoms. The molecule has 0 spiro atoms. The SMILES string of the molecule is COc1cccc(N2CC(C(=O)Nc3nc4ccccc4n3C(C)(C)C)CC2=O)c1. The van der Waals surface area contributed by atoms with Crippen LogP contribution in [0.2, 0.25) is 0 Å². The number of ether oxygens (including phenoxy) is 1. The number of fused-ring (bicyclic) bond motifs is 1. The van der Waals surface area contributed by atoms with Crippen LogP contribution in [0.4, 0.5) is 11.6 Å². The van der Waals surface area contributed by atoms with E-state index in [1.165, 1.54) is 0 Å². The number of nitrogens with zero attached hydrogens (tertiary/aromatic N) is 3. The Morgan fingerprint density at radius 2 is 1.93 bits per heavy atom. The first-order chi connectivity index (χ1) is 14.3. The van der Waals surface area contributed by atoms with Crippen LogP contribution >= 0.6 is 0 Å². The molecule has 2 aromatic carbocycles. The first-order valence-electron chi connectivity index (χ1n) is 10.0. The van der Waals surface area contributed by atoms with Crippen LogP contribution in [0.25, 0.3) is 11.0 Å². The lowest BCUT2D eigenvalue weighted by atomic mass is 10.1. The molecule has 1 N–H and O–H groups in total. The third-order valence-corrected chi connectivity index (χ3v) is 5.33. The maximum absolute atomic E-state index is 13.0. The average Bonchev–Trinajstić information content (AvgIpc) is 3.28. The molecular weight excluding hydrogens is 380 g/mol. The fourth-order valence-electron chi connectivity index (χ4n) is 3.91. The fourth-order valence-corrected chi connectivity index (χ4v) is 3.91. The minimum atomic E-state index is -0.447. The Hall–Kier alpha value is -3.35. The van der Waals surface area contributed by atoms with Crippen molar-refractivity contribution in [1.29, 1.82) is 0 Å². The molecule has 0 saturated carbocycles. The van der Waals surface area contributed by atoms with Gasteiger partial charge in [0.1, 0.15) is 5.75 Å².